The molecular formula is C15H23NO2. The van der Waals surface area contributed by atoms with Gasteiger partial charge in [-0.25, -0.2) is 5.90 Å². The Morgan fingerprint density at radius 2 is 2.00 bits per heavy atom. The monoisotopic (exact) mass is 249 g/mol. The second-order valence-corrected chi connectivity index (χ2v) is 5.27. The number of ether oxygens (including phenoxy) is 1. The number of methoxy groups -OCH3 is 1. The molecule has 0 atom stereocenters. The highest BCUT2D eigenvalue weighted by atomic mass is 16.6. The average Bonchev–Trinajstić information content (AvgIpc) is 2.33. The lowest BCUT2D eigenvalue weighted by molar-refractivity contribution is 0.143. The summed E-state index contributed by atoms with van der Waals surface area (Å²) >= 11 is 0. The number of rotatable bonds is 5. The van der Waals surface area contributed by atoms with Crippen molar-refractivity contribution < 1.29 is 9.57 Å². The van der Waals surface area contributed by atoms with E-state index >= 15 is 0 Å². The Hall–Kier alpha value is -1.32. The molecule has 18 heavy (non-hydrogen) atoms. The number of hydrogen-bond acceptors (Lipinski definition) is 3. The molecule has 0 bridgehead atoms. The van der Waals surface area contributed by atoms with Gasteiger partial charge in [-0.15, -0.1) is 0 Å². The van der Waals surface area contributed by atoms with E-state index in [4.69, 9.17) is 10.6 Å². The number of nitrogens with two attached hydrogens (primary N) is 1. The smallest absolute Gasteiger partial charge is 0.122 e. The van der Waals surface area contributed by atoms with E-state index in [-0.39, 0.29) is 5.41 Å². The predicted octanol–water partition coefficient (Wildman–Crippen LogP) is 3.29. The van der Waals surface area contributed by atoms with Gasteiger partial charge in [0.05, 0.1) is 13.7 Å². The predicted molar refractivity (Wildman–Crippen MR) is 75.5 cm³/mol. The summed E-state index contributed by atoms with van der Waals surface area (Å²) < 4.78 is 5.41. The maximum atomic E-state index is 5.41. The quantitative estimate of drug-likeness (QED) is 0.643. The van der Waals surface area contributed by atoms with Gasteiger partial charge < -0.3 is 9.57 Å². The first-order valence-corrected chi connectivity index (χ1v) is 6.16. The molecule has 0 aliphatic heterocycles. The van der Waals surface area contributed by atoms with Crippen molar-refractivity contribution in [1.29, 1.82) is 0 Å². The van der Waals surface area contributed by atoms with E-state index < -0.39 is 0 Å². The standard InChI is InChI=1S/C15H23NO2/c1-15(2,3)13-11-12(7-5-6-10-18-16)8-9-14(13)17-4/h5,7-9,11H,6,10,16H2,1-4H3/b7-5+. The molecule has 1 rings (SSSR count). The molecule has 0 saturated heterocycles. The fourth-order valence-electron chi connectivity index (χ4n) is 1.77. The fourth-order valence-corrected chi connectivity index (χ4v) is 1.77. The van der Waals surface area contributed by atoms with Gasteiger partial charge in [0, 0.05) is 5.56 Å². The summed E-state index contributed by atoms with van der Waals surface area (Å²) in [5, 5.41) is 0. The zero-order valence-electron chi connectivity index (χ0n) is 11.7. The molecule has 0 aliphatic rings. The van der Waals surface area contributed by atoms with Crippen LogP contribution in [0.2, 0.25) is 0 Å². The van der Waals surface area contributed by atoms with Crippen LogP contribution in [-0.4, -0.2) is 13.7 Å². The molecule has 1 aromatic carbocycles. The largest absolute Gasteiger partial charge is 0.496 e. The second kappa shape index (κ2) is 6.57. The lowest BCUT2D eigenvalue weighted by Crippen LogP contribution is -2.12. The van der Waals surface area contributed by atoms with Crippen LogP contribution in [0.5, 0.6) is 5.75 Å². The van der Waals surface area contributed by atoms with Crippen molar-refractivity contribution in [3.63, 3.8) is 0 Å². The topological polar surface area (TPSA) is 44.5 Å². The van der Waals surface area contributed by atoms with Gasteiger partial charge >= 0.3 is 0 Å². The molecule has 2 N–H and O–H groups in total. The van der Waals surface area contributed by atoms with Gasteiger partial charge in [-0.3, -0.25) is 0 Å². The first-order chi connectivity index (χ1) is 8.49. The Morgan fingerprint density at radius 1 is 1.28 bits per heavy atom. The van der Waals surface area contributed by atoms with E-state index in [1.807, 2.05) is 12.1 Å². The third-order valence-corrected chi connectivity index (χ3v) is 2.74. The minimum absolute atomic E-state index is 0.0650. The van der Waals surface area contributed by atoms with E-state index in [1.54, 1.807) is 7.11 Å². The van der Waals surface area contributed by atoms with Crippen LogP contribution in [0.15, 0.2) is 24.3 Å². The highest BCUT2D eigenvalue weighted by Crippen LogP contribution is 2.32. The first-order valence-electron chi connectivity index (χ1n) is 6.16. The molecule has 0 radical (unpaired) electrons. The van der Waals surface area contributed by atoms with Gasteiger partial charge in [0.15, 0.2) is 0 Å². The molecule has 0 aromatic heterocycles. The summed E-state index contributed by atoms with van der Waals surface area (Å²) in [7, 11) is 1.71. The van der Waals surface area contributed by atoms with Gasteiger partial charge in [0.25, 0.3) is 0 Å². The van der Waals surface area contributed by atoms with E-state index in [1.165, 1.54) is 5.56 Å². The van der Waals surface area contributed by atoms with E-state index in [0.29, 0.717) is 6.61 Å². The van der Waals surface area contributed by atoms with Gasteiger partial charge in [0.2, 0.25) is 0 Å². The van der Waals surface area contributed by atoms with Crippen molar-refractivity contribution in [1.82, 2.24) is 0 Å². The molecular weight excluding hydrogens is 226 g/mol. The molecule has 0 heterocycles. The Balaban J connectivity index is 2.93. The Bertz CT molecular complexity index is 405. The van der Waals surface area contributed by atoms with Crippen LogP contribution in [0, 0.1) is 0 Å². The van der Waals surface area contributed by atoms with Crippen molar-refractivity contribution >= 4 is 6.08 Å². The van der Waals surface area contributed by atoms with E-state index in [9.17, 15) is 0 Å². The Morgan fingerprint density at radius 3 is 2.56 bits per heavy atom. The number of benzene rings is 1. The molecule has 100 valence electrons. The average molecular weight is 249 g/mol. The van der Waals surface area contributed by atoms with Crippen LogP contribution in [0.4, 0.5) is 0 Å². The highest BCUT2D eigenvalue weighted by molar-refractivity contribution is 5.54. The molecule has 1 aromatic rings. The second-order valence-electron chi connectivity index (χ2n) is 5.27. The minimum Gasteiger partial charge on any atom is -0.496 e. The third-order valence-electron chi connectivity index (χ3n) is 2.74. The zero-order valence-corrected chi connectivity index (χ0v) is 11.7. The summed E-state index contributed by atoms with van der Waals surface area (Å²) in [6.07, 6.45) is 4.95. The lowest BCUT2D eigenvalue weighted by atomic mass is 9.85. The van der Waals surface area contributed by atoms with Gasteiger partial charge in [-0.1, -0.05) is 39.0 Å². The summed E-state index contributed by atoms with van der Waals surface area (Å²) in [5.74, 6) is 5.91. The molecule has 0 spiro atoms. The van der Waals surface area contributed by atoms with Crippen LogP contribution in [-0.2, 0) is 10.3 Å². The number of hydrogen-bond donors (Lipinski definition) is 1. The summed E-state index contributed by atoms with van der Waals surface area (Å²) in [5.41, 5.74) is 2.44. The van der Waals surface area contributed by atoms with Crippen LogP contribution in [0.3, 0.4) is 0 Å². The first kappa shape index (κ1) is 14.7. The zero-order chi connectivity index (χ0) is 13.6. The van der Waals surface area contributed by atoms with Crippen molar-refractivity contribution in [2.75, 3.05) is 13.7 Å². The molecule has 0 aliphatic carbocycles. The molecule has 0 unspecified atom stereocenters. The summed E-state index contributed by atoms with van der Waals surface area (Å²) in [6.45, 7) is 7.08. The van der Waals surface area contributed by atoms with Crippen LogP contribution in [0.1, 0.15) is 38.3 Å². The lowest BCUT2D eigenvalue weighted by Gasteiger charge is -2.22. The SMILES string of the molecule is COc1ccc(/C=C/CCON)cc1C(C)(C)C. The summed E-state index contributed by atoms with van der Waals surface area (Å²) in [4.78, 5) is 4.52. The van der Waals surface area contributed by atoms with Gasteiger partial charge in [0.1, 0.15) is 5.75 Å². The third kappa shape index (κ3) is 4.17. The van der Waals surface area contributed by atoms with Crippen molar-refractivity contribution in [2.45, 2.75) is 32.6 Å². The van der Waals surface area contributed by atoms with Crippen molar-refractivity contribution in [2.24, 2.45) is 5.90 Å². The maximum absolute atomic E-state index is 5.41. The summed E-state index contributed by atoms with van der Waals surface area (Å²) in [6, 6.07) is 6.23. The maximum Gasteiger partial charge on any atom is 0.122 e. The van der Waals surface area contributed by atoms with Crippen LogP contribution < -0.4 is 10.6 Å². The molecule has 0 saturated carbocycles. The Labute approximate surface area is 110 Å². The van der Waals surface area contributed by atoms with E-state index in [0.717, 1.165) is 17.7 Å². The minimum atomic E-state index is 0.0650. The van der Waals surface area contributed by atoms with Gasteiger partial charge in [-0.05, 0) is 29.5 Å². The molecule has 3 nitrogen and oxygen atoms in total. The Kier molecular flexibility index (Phi) is 5.38. The van der Waals surface area contributed by atoms with Gasteiger partial charge in [-0.2, -0.15) is 0 Å². The van der Waals surface area contributed by atoms with Crippen molar-refractivity contribution in [3.05, 3.63) is 35.4 Å². The molecule has 0 amide bonds. The molecule has 3 heteroatoms. The van der Waals surface area contributed by atoms with Crippen LogP contribution >= 0.6 is 0 Å². The molecule has 0 fully saturated rings. The van der Waals surface area contributed by atoms with Crippen LogP contribution in [0.25, 0.3) is 6.08 Å². The normalized spacial score (nSPS) is 12.1. The van der Waals surface area contributed by atoms with Crippen molar-refractivity contribution in [3.8, 4) is 5.75 Å². The highest BCUT2D eigenvalue weighted by Gasteiger charge is 2.18. The fraction of sp³-hybridized carbons (Fsp3) is 0.467. The van der Waals surface area contributed by atoms with E-state index in [2.05, 4.69) is 43.8 Å².